The van der Waals surface area contributed by atoms with Crippen LogP contribution >= 0.6 is 15.9 Å². The van der Waals surface area contributed by atoms with E-state index in [0.717, 1.165) is 36.1 Å². The molecule has 2 aliphatic heterocycles. The summed E-state index contributed by atoms with van der Waals surface area (Å²) in [7, 11) is 0. The van der Waals surface area contributed by atoms with Crippen LogP contribution in [0.2, 0.25) is 0 Å². The van der Waals surface area contributed by atoms with Gasteiger partial charge in [-0.05, 0) is 57.8 Å². The number of urea groups is 1. The van der Waals surface area contributed by atoms with Gasteiger partial charge in [-0.15, -0.1) is 0 Å². The molecule has 7 nitrogen and oxygen atoms in total. The molecule has 8 heteroatoms. The lowest BCUT2D eigenvalue weighted by Gasteiger charge is -2.49. The number of piperidine rings is 1. The molecule has 0 saturated carbocycles. The molecule has 2 saturated heterocycles. The molecule has 2 aromatic rings. The Labute approximate surface area is 223 Å². The summed E-state index contributed by atoms with van der Waals surface area (Å²) in [5.74, 6) is 0.529. The SMILES string of the molecule is CC(C)(C)C1CN(C(c2ccccc2)c2ccc(Br)cn2)CCN1C(=O)CC1CCN(C(N)=O)CC1. The quantitative estimate of drug-likeness (QED) is 0.580. The fourth-order valence-electron chi connectivity index (χ4n) is 5.55. The number of amides is 3. The first-order chi connectivity index (χ1) is 17.1. The fourth-order valence-corrected chi connectivity index (χ4v) is 5.79. The first kappa shape index (κ1) is 26.6. The van der Waals surface area contributed by atoms with Gasteiger partial charge in [-0.3, -0.25) is 14.7 Å². The minimum atomic E-state index is -0.364. The summed E-state index contributed by atoms with van der Waals surface area (Å²) in [6.07, 6.45) is 4.06. The van der Waals surface area contributed by atoms with E-state index in [1.165, 1.54) is 5.56 Å². The molecule has 2 N–H and O–H groups in total. The molecule has 0 bridgehead atoms. The van der Waals surface area contributed by atoms with E-state index in [4.69, 9.17) is 10.7 Å². The predicted molar refractivity (Wildman–Crippen MR) is 145 cm³/mol. The van der Waals surface area contributed by atoms with Crippen LogP contribution in [0.25, 0.3) is 0 Å². The highest BCUT2D eigenvalue weighted by atomic mass is 79.9. The molecule has 1 aromatic heterocycles. The maximum atomic E-state index is 13.6. The number of halogens is 1. The molecule has 194 valence electrons. The minimum absolute atomic E-state index is 0.0273. The van der Waals surface area contributed by atoms with Crippen LogP contribution in [0, 0.1) is 11.3 Å². The number of hydrogen-bond donors (Lipinski definition) is 1. The standard InChI is InChI=1S/C28H38BrN5O2/c1-28(2,3)24-19-33(26(21-7-5-4-6-8-21)23-10-9-22(29)18-31-23)15-16-34(24)25(35)17-20-11-13-32(14-12-20)27(30)36/h4-10,18,20,24,26H,11-17,19H2,1-3H3,(H2,30,36). The first-order valence-corrected chi connectivity index (χ1v) is 13.7. The molecule has 0 spiro atoms. The van der Waals surface area contributed by atoms with Crippen LogP contribution in [0.4, 0.5) is 4.79 Å². The number of benzene rings is 1. The van der Waals surface area contributed by atoms with Crippen molar-refractivity contribution >= 4 is 27.9 Å². The lowest BCUT2D eigenvalue weighted by atomic mass is 9.82. The van der Waals surface area contributed by atoms with Gasteiger partial charge >= 0.3 is 6.03 Å². The third-order valence-corrected chi connectivity index (χ3v) is 8.10. The molecule has 36 heavy (non-hydrogen) atoms. The van der Waals surface area contributed by atoms with Crippen molar-refractivity contribution in [3.05, 3.63) is 64.4 Å². The molecular formula is C28H38BrN5O2. The van der Waals surface area contributed by atoms with E-state index in [1.54, 1.807) is 4.90 Å². The van der Waals surface area contributed by atoms with Gasteiger partial charge in [0.15, 0.2) is 0 Å². The number of nitrogens with zero attached hydrogens (tertiary/aromatic N) is 4. The number of carbonyl (C=O) groups is 2. The summed E-state index contributed by atoms with van der Waals surface area (Å²) in [5.41, 5.74) is 7.58. The number of carbonyl (C=O) groups excluding carboxylic acids is 2. The zero-order chi connectivity index (χ0) is 25.9. The second-order valence-corrected chi connectivity index (χ2v) is 12.1. The molecule has 2 fully saturated rings. The Morgan fingerprint density at radius 2 is 1.75 bits per heavy atom. The third kappa shape index (κ3) is 6.27. The summed E-state index contributed by atoms with van der Waals surface area (Å²) < 4.78 is 0.961. The van der Waals surface area contributed by atoms with Gasteiger partial charge in [-0.2, -0.15) is 0 Å². The van der Waals surface area contributed by atoms with Crippen molar-refractivity contribution in [2.24, 2.45) is 17.1 Å². The molecule has 2 atom stereocenters. The molecule has 2 aliphatic rings. The zero-order valence-electron chi connectivity index (χ0n) is 21.6. The van der Waals surface area contributed by atoms with Gasteiger partial charge in [-0.1, -0.05) is 51.1 Å². The van der Waals surface area contributed by atoms with E-state index in [9.17, 15) is 9.59 Å². The van der Waals surface area contributed by atoms with E-state index >= 15 is 0 Å². The normalized spacial score (nSPS) is 20.8. The molecule has 0 radical (unpaired) electrons. The predicted octanol–water partition coefficient (Wildman–Crippen LogP) is 4.67. The Bertz CT molecular complexity index is 1030. The largest absolute Gasteiger partial charge is 0.351 e. The van der Waals surface area contributed by atoms with Crippen LogP contribution in [-0.2, 0) is 4.79 Å². The molecule has 4 rings (SSSR count). The fraction of sp³-hybridized carbons (Fsp3) is 0.536. The number of likely N-dealkylation sites (tertiary alicyclic amines) is 1. The lowest BCUT2D eigenvalue weighted by Crippen LogP contribution is -2.60. The minimum Gasteiger partial charge on any atom is -0.351 e. The van der Waals surface area contributed by atoms with Crippen LogP contribution in [0.3, 0.4) is 0 Å². The maximum absolute atomic E-state index is 13.6. The van der Waals surface area contributed by atoms with Gasteiger partial charge < -0.3 is 15.5 Å². The molecule has 3 heterocycles. The van der Waals surface area contributed by atoms with Crippen molar-refractivity contribution in [3.63, 3.8) is 0 Å². The van der Waals surface area contributed by atoms with Gasteiger partial charge in [0.05, 0.1) is 11.7 Å². The topological polar surface area (TPSA) is 82.8 Å². The van der Waals surface area contributed by atoms with Crippen LogP contribution in [0.15, 0.2) is 53.1 Å². The first-order valence-electron chi connectivity index (χ1n) is 12.9. The van der Waals surface area contributed by atoms with E-state index in [2.05, 4.69) is 76.8 Å². The van der Waals surface area contributed by atoms with Crippen molar-refractivity contribution in [1.82, 2.24) is 19.7 Å². The van der Waals surface area contributed by atoms with E-state index in [1.807, 2.05) is 18.3 Å². The highest BCUT2D eigenvalue weighted by Gasteiger charge is 2.41. The van der Waals surface area contributed by atoms with Crippen molar-refractivity contribution in [1.29, 1.82) is 0 Å². The summed E-state index contributed by atoms with van der Waals surface area (Å²) in [6, 6.07) is 14.4. The summed E-state index contributed by atoms with van der Waals surface area (Å²) in [6.45, 7) is 10.2. The number of nitrogens with two attached hydrogens (primary N) is 1. The third-order valence-electron chi connectivity index (χ3n) is 7.63. The van der Waals surface area contributed by atoms with E-state index in [-0.39, 0.29) is 29.4 Å². The average molecular weight is 557 g/mol. The second-order valence-electron chi connectivity index (χ2n) is 11.2. The van der Waals surface area contributed by atoms with Crippen LogP contribution in [-0.4, -0.2) is 70.4 Å². The molecule has 0 aliphatic carbocycles. The highest BCUT2D eigenvalue weighted by molar-refractivity contribution is 9.10. The highest BCUT2D eigenvalue weighted by Crippen LogP contribution is 2.35. The van der Waals surface area contributed by atoms with Crippen molar-refractivity contribution in [3.8, 4) is 0 Å². The number of hydrogen-bond acceptors (Lipinski definition) is 4. The molecular weight excluding hydrogens is 518 g/mol. The Hall–Kier alpha value is -2.45. The molecule has 2 unspecified atom stereocenters. The van der Waals surface area contributed by atoms with Gasteiger partial charge in [0, 0.05) is 55.9 Å². The van der Waals surface area contributed by atoms with E-state index < -0.39 is 0 Å². The monoisotopic (exact) mass is 555 g/mol. The number of piperazine rings is 1. The van der Waals surface area contributed by atoms with Crippen LogP contribution < -0.4 is 5.73 Å². The molecule has 1 aromatic carbocycles. The summed E-state index contributed by atoms with van der Waals surface area (Å²) in [4.78, 5) is 36.1. The Balaban J connectivity index is 1.52. The van der Waals surface area contributed by atoms with E-state index in [0.29, 0.717) is 32.0 Å². The average Bonchev–Trinajstić information content (AvgIpc) is 2.86. The smallest absolute Gasteiger partial charge is 0.314 e. The maximum Gasteiger partial charge on any atom is 0.314 e. The number of primary amides is 1. The van der Waals surface area contributed by atoms with Crippen LogP contribution in [0.1, 0.15) is 57.3 Å². The van der Waals surface area contributed by atoms with Crippen molar-refractivity contribution in [2.45, 2.75) is 52.1 Å². The number of aromatic nitrogens is 1. The number of rotatable bonds is 5. The molecule has 3 amide bonds. The van der Waals surface area contributed by atoms with Crippen LogP contribution in [0.5, 0.6) is 0 Å². The second kappa shape index (κ2) is 11.3. The van der Waals surface area contributed by atoms with Crippen molar-refractivity contribution < 1.29 is 9.59 Å². The summed E-state index contributed by atoms with van der Waals surface area (Å²) in [5, 5.41) is 0. The van der Waals surface area contributed by atoms with Gasteiger partial charge in [0.25, 0.3) is 0 Å². The summed E-state index contributed by atoms with van der Waals surface area (Å²) >= 11 is 3.51. The Morgan fingerprint density at radius 3 is 2.33 bits per heavy atom. The van der Waals surface area contributed by atoms with Crippen molar-refractivity contribution in [2.75, 3.05) is 32.7 Å². The van der Waals surface area contributed by atoms with Gasteiger partial charge in [0.1, 0.15) is 0 Å². The lowest BCUT2D eigenvalue weighted by molar-refractivity contribution is -0.141. The zero-order valence-corrected chi connectivity index (χ0v) is 23.2. The Morgan fingerprint density at radius 1 is 1.06 bits per heavy atom. The Kier molecular flexibility index (Phi) is 8.35. The van der Waals surface area contributed by atoms with Gasteiger partial charge in [0.2, 0.25) is 5.91 Å². The van der Waals surface area contributed by atoms with Gasteiger partial charge in [-0.25, -0.2) is 4.79 Å². The number of pyridine rings is 1.